The summed E-state index contributed by atoms with van der Waals surface area (Å²) in [6, 6.07) is 9.65. The topological polar surface area (TPSA) is 41.5 Å². The lowest BCUT2D eigenvalue weighted by molar-refractivity contribution is -0.120. The van der Waals surface area contributed by atoms with Crippen molar-refractivity contribution in [3.8, 4) is 0 Å². The maximum absolute atomic E-state index is 12.6. The zero-order valence-electron chi connectivity index (χ0n) is 9.47. The van der Waals surface area contributed by atoms with Gasteiger partial charge in [-0.1, -0.05) is 18.2 Å². The molecular weight excluding hydrogens is 251 g/mol. The fourth-order valence-electron chi connectivity index (χ4n) is 1.34. The predicted molar refractivity (Wildman–Crippen MR) is 70.2 cm³/mol. The minimum absolute atomic E-state index is 0.171. The van der Waals surface area contributed by atoms with E-state index in [1.807, 2.05) is 17.5 Å². The Labute approximate surface area is 108 Å². The van der Waals surface area contributed by atoms with Crippen LogP contribution < -0.4 is 5.43 Å². The van der Waals surface area contributed by atoms with Crippen LogP contribution in [0.5, 0.6) is 0 Å². The Kier molecular flexibility index (Phi) is 4.20. The lowest BCUT2D eigenvalue weighted by Gasteiger charge is -1.97. The molecule has 92 valence electrons. The van der Waals surface area contributed by atoms with Crippen molar-refractivity contribution in [3.05, 3.63) is 58.0 Å². The smallest absolute Gasteiger partial charge is 0.245 e. The van der Waals surface area contributed by atoms with Gasteiger partial charge in [-0.25, -0.2) is 9.82 Å². The van der Waals surface area contributed by atoms with E-state index in [2.05, 4.69) is 10.5 Å². The molecule has 0 fully saturated rings. The van der Waals surface area contributed by atoms with Gasteiger partial charge in [-0.2, -0.15) is 5.10 Å². The number of rotatable bonds is 4. The standard InChI is InChI=1S/C13H11FN2OS/c14-11-5-3-10(4-6-11)9-15-16-13(17)8-12-2-1-7-18-12/h1-7,9H,8H2,(H,16,17)/b15-9+. The summed E-state index contributed by atoms with van der Waals surface area (Å²) >= 11 is 1.53. The number of thiophene rings is 1. The second-order valence-electron chi connectivity index (χ2n) is 3.60. The monoisotopic (exact) mass is 262 g/mol. The van der Waals surface area contributed by atoms with E-state index in [1.165, 1.54) is 29.7 Å². The Morgan fingerprint density at radius 3 is 2.78 bits per heavy atom. The van der Waals surface area contributed by atoms with Crippen molar-refractivity contribution < 1.29 is 9.18 Å². The molecule has 0 aliphatic carbocycles. The number of halogens is 1. The molecule has 1 heterocycles. The molecule has 0 saturated heterocycles. The van der Waals surface area contributed by atoms with E-state index < -0.39 is 0 Å². The van der Waals surface area contributed by atoms with Crippen LogP contribution in [0.2, 0.25) is 0 Å². The van der Waals surface area contributed by atoms with Gasteiger partial charge in [0, 0.05) is 4.88 Å². The number of hydrazone groups is 1. The molecule has 1 amide bonds. The number of carbonyl (C=O) groups excluding carboxylic acids is 1. The van der Waals surface area contributed by atoms with E-state index in [1.54, 1.807) is 12.1 Å². The van der Waals surface area contributed by atoms with E-state index in [-0.39, 0.29) is 11.7 Å². The highest BCUT2D eigenvalue weighted by Crippen LogP contribution is 2.08. The van der Waals surface area contributed by atoms with Crippen molar-refractivity contribution in [3.63, 3.8) is 0 Å². The molecule has 0 bridgehead atoms. The number of hydrogen-bond donors (Lipinski definition) is 1. The van der Waals surface area contributed by atoms with E-state index in [0.717, 1.165) is 10.4 Å². The number of nitrogens with zero attached hydrogens (tertiary/aromatic N) is 1. The molecule has 18 heavy (non-hydrogen) atoms. The molecule has 5 heteroatoms. The summed E-state index contributed by atoms with van der Waals surface area (Å²) < 4.78 is 12.6. The van der Waals surface area contributed by atoms with Crippen LogP contribution in [-0.4, -0.2) is 12.1 Å². The van der Waals surface area contributed by atoms with Gasteiger partial charge in [-0.15, -0.1) is 11.3 Å². The van der Waals surface area contributed by atoms with Gasteiger partial charge < -0.3 is 0 Å². The minimum Gasteiger partial charge on any atom is -0.273 e. The highest BCUT2D eigenvalue weighted by Gasteiger charge is 2.01. The summed E-state index contributed by atoms with van der Waals surface area (Å²) in [6.07, 6.45) is 1.80. The predicted octanol–water partition coefficient (Wildman–Crippen LogP) is 2.58. The van der Waals surface area contributed by atoms with Gasteiger partial charge in [-0.3, -0.25) is 4.79 Å². The average molecular weight is 262 g/mol. The SMILES string of the molecule is O=C(Cc1cccs1)N/N=C/c1ccc(F)cc1. The molecule has 0 atom stereocenters. The first-order valence-corrected chi connectivity index (χ1v) is 6.22. The summed E-state index contributed by atoms with van der Waals surface area (Å²) in [5.41, 5.74) is 3.16. The Bertz CT molecular complexity index is 535. The second-order valence-corrected chi connectivity index (χ2v) is 4.63. The fourth-order valence-corrected chi connectivity index (χ4v) is 2.04. The molecule has 0 radical (unpaired) electrons. The minimum atomic E-state index is -0.297. The van der Waals surface area contributed by atoms with Crippen LogP contribution in [-0.2, 0) is 11.2 Å². The number of carbonyl (C=O) groups is 1. The molecule has 0 unspecified atom stereocenters. The number of benzene rings is 1. The third-order valence-corrected chi connectivity index (χ3v) is 3.06. The van der Waals surface area contributed by atoms with Gasteiger partial charge >= 0.3 is 0 Å². The first-order chi connectivity index (χ1) is 8.74. The lowest BCUT2D eigenvalue weighted by Crippen LogP contribution is -2.19. The zero-order valence-corrected chi connectivity index (χ0v) is 10.3. The van der Waals surface area contributed by atoms with Crippen LogP contribution in [0.1, 0.15) is 10.4 Å². The van der Waals surface area contributed by atoms with Crippen molar-refractivity contribution in [1.29, 1.82) is 0 Å². The molecule has 3 nitrogen and oxygen atoms in total. The Morgan fingerprint density at radius 2 is 2.11 bits per heavy atom. The van der Waals surface area contributed by atoms with Crippen molar-refractivity contribution in [2.45, 2.75) is 6.42 Å². The van der Waals surface area contributed by atoms with Crippen LogP contribution >= 0.6 is 11.3 Å². The quantitative estimate of drug-likeness (QED) is 0.668. The highest BCUT2D eigenvalue weighted by molar-refractivity contribution is 7.10. The molecule has 0 spiro atoms. The van der Waals surface area contributed by atoms with Crippen LogP contribution in [0.25, 0.3) is 0 Å². The molecule has 2 rings (SSSR count). The second kappa shape index (κ2) is 6.07. The molecule has 1 N–H and O–H groups in total. The maximum Gasteiger partial charge on any atom is 0.245 e. The number of hydrogen-bond acceptors (Lipinski definition) is 3. The van der Waals surface area contributed by atoms with Crippen molar-refractivity contribution in [2.75, 3.05) is 0 Å². The number of amides is 1. The Hall–Kier alpha value is -2.01. The summed E-state index contributed by atoms with van der Waals surface area (Å²) in [4.78, 5) is 12.5. The van der Waals surface area contributed by atoms with Crippen LogP contribution in [0, 0.1) is 5.82 Å². The Morgan fingerprint density at radius 1 is 1.33 bits per heavy atom. The molecule has 1 aromatic heterocycles. The van der Waals surface area contributed by atoms with Crippen LogP contribution in [0.15, 0.2) is 46.9 Å². The van der Waals surface area contributed by atoms with Gasteiger partial charge in [-0.05, 0) is 29.1 Å². The van der Waals surface area contributed by atoms with E-state index in [0.29, 0.717) is 6.42 Å². The number of nitrogens with one attached hydrogen (secondary N) is 1. The summed E-state index contributed by atoms with van der Waals surface area (Å²) in [7, 11) is 0. The fraction of sp³-hybridized carbons (Fsp3) is 0.0769. The zero-order chi connectivity index (χ0) is 12.8. The molecule has 2 aromatic rings. The summed E-state index contributed by atoms with van der Waals surface area (Å²) in [5, 5.41) is 5.73. The molecular formula is C13H11FN2OS. The summed E-state index contributed by atoms with van der Waals surface area (Å²) in [5.74, 6) is -0.468. The van der Waals surface area contributed by atoms with Gasteiger partial charge in [0.05, 0.1) is 12.6 Å². The van der Waals surface area contributed by atoms with Gasteiger partial charge in [0.15, 0.2) is 0 Å². The summed E-state index contributed by atoms with van der Waals surface area (Å²) in [6.45, 7) is 0. The highest BCUT2D eigenvalue weighted by atomic mass is 32.1. The van der Waals surface area contributed by atoms with Crippen molar-refractivity contribution >= 4 is 23.5 Å². The third kappa shape index (κ3) is 3.78. The molecule has 0 saturated carbocycles. The first kappa shape index (κ1) is 12.4. The van der Waals surface area contributed by atoms with Gasteiger partial charge in [0.2, 0.25) is 5.91 Å². The lowest BCUT2D eigenvalue weighted by atomic mass is 10.2. The van der Waals surface area contributed by atoms with Gasteiger partial charge in [0.1, 0.15) is 5.82 Å². The molecule has 0 aliphatic rings. The van der Waals surface area contributed by atoms with Gasteiger partial charge in [0.25, 0.3) is 0 Å². The third-order valence-electron chi connectivity index (χ3n) is 2.19. The van der Waals surface area contributed by atoms with Crippen molar-refractivity contribution in [2.24, 2.45) is 5.10 Å². The van der Waals surface area contributed by atoms with E-state index in [4.69, 9.17) is 0 Å². The Balaban J connectivity index is 1.84. The van der Waals surface area contributed by atoms with Crippen LogP contribution in [0.4, 0.5) is 4.39 Å². The van der Waals surface area contributed by atoms with E-state index >= 15 is 0 Å². The maximum atomic E-state index is 12.6. The van der Waals surface area contributed by atoms with Crippen molar-refractivity contribution in [1.82, 2.24) is 5.43 Å². The van der Waals surface area contributed by atoms with Crippen LogP contribution in [0.3, 0.4) is 0 Å². The van der Waals surface area contributed by atoms with E-state index in [9.17, 15) is 9.18 Å². The first-order valence-electron chi connectivity index (χ1n) is 5.34. The average Bonchev–Trinajstić information content (AvgIpc) is 2.84. The molecule has 0 aliphatic heterocycles. The normalized spacial score (nSPS) is 10.7. The molecule has 1 aromatic carbocycles. The largest absolute Gasteiger partial charge is 0.273 e.